The molecule has 2 aromatic rings. The molecule has 30 heavy (non-hydrogen) atoms. The van der Waals surface area contributed by atoms with Crippen molar-refractivity contribution in [3.05, 3.63) is 101 Å². The molecule has 0 heterocycles. The third-order valence-electron chi connectivity index (χ3n) is 4.55. The van der Waals surface area contributed by atoms with Gasteiger partial charge in [0.05, 0.1) is 17.0 Å². The molecule has 6 heteroatoms. The molecule has 1 atom stereocenters. The smallest absolute Gasteiger partial charge is 0.416 e. The zero-order valence-electron chi connectivity index (χ0n) is 17.7. The standard InChI is InChI=1S/C24H27F3N2O/c1-15(2)22(23(28-6)19-13-11-16(3)12-14-19)29-18(5)30-17(4)20-9-7-8-10-21(20)24(25,26)27/h7-14,17,28-29H,1,5H2,2-4,6H3/b23-22+. The zero-order chi connectivity index (χ0) is 22.5. The molecular weight excluding hydrogens is 389 g/mol. The van der Waals surface area contributed by atoms with Crippen LogP contribution in [-0.4, -0.2) is 7.05 Å². The lowest BCUT2D eigenvalue weighted by atomic mass is 10.0. The molecule has 0 saturated heterocycles. The molecular formula is C24H27F3N2O. The summed E-state index contributed by atoms with van der Waals surface area (Å²) in [5.74, 6) is 0.123. The van der Waals surface area contributed by atoms with Gasteiger partial charge in [0.25, 0.3) is 0 Å². The second-order valence-corrected chi connectivity index (χ2v) is 7.04. The fourth-order valence-electron chi connectivity index (χ4n) is 3.07. The lowest BCUT2D eigenvalue weighted by Crippen LogP contribution is -2.22. The van der Waals surface area contributed by atoms with E-state index < -0.39 is 17.8 Å². The molecule has 160 valence electrons. The van der Waals surface area contributed by atoms with E-state index >= 15 is 0 Å². The number of hydrogen-bond donors (Lipinski definition) is 2. The van der Waals surface area contributed by atoms with Crippen LogP contribution in [0.3, 0.4) is 0 Å². The summed E-state index contributed by atoms with van der Waals surface area (Å²) >= 11 is 0. The molecule has 2 aromatic carbocycles. The summed E-state index contributed by atoms with van der Waals surface area (Å²) < 4.78 is 45.6. The van der Waals surface area contributed by atoms with Crippen molar-refractivity contribution in [1.29, 1.82) is 0 Å². The summed E-state index contributed by atoms with van der Waals surface area (Å²) in [6.45, 7) is 13.2. The van der Waals surface area contributed by atoms with Crippen molar-refractivity contribution in [2.24, 2.45) is 0 Å². The van der Waals surface area contributed by atoms with E-state index in [1.165, 1.54) is 12.1 Å². The summed E-state index contributed by atoms with van der Waals surface area (Å²) in [5.41, 5.74) is 3.50. The van der Waals surface area contributed by atoms with E-state index in [0.717, 1.165) is 22.9 Å². The van der Waals surface area contributed by atoms with Gasteiger partial charge in [-0.1, -0.05) is 54.6 Å². The van der Waals surface area contributed by atoms with Crippen LogP contribution in [0.2, 0.25) is 0 Å². The average molecular weight is 416 g/mol. The highest BCUT2D eigenvalue weighted by molar-refractivity contribution is 5.70. The molecule has 0 aromatic heterocycles. The van der Waals surface area contributed by atoms with Gasteiger partial charge in [-0.25, -0.2) is 0 Å². The number of nitrogens with one attached hydrogen (secondary N) is 2. The van der Waals surface area contributed by atoms with Crippen LogP contribution in [0.4, 0.5) is 13.2 Å². The van der Waals surface area contributed by atoms with Crippen LogP contribution in [0.1, 0.15) is 42.2 Å². The Morgan fingerprint density at radius 3 is 2.17 bits per heavy atom. The number of aryl methyl sites for hydroxylation is 1. The molecule has 0 radical (unpaired) electrons. The molecule has 0 saturated carbocycles. The highest BCUT2D eigenvalue weighted by Gasteiger charge is 2.34. The van der Waals surface area contributed by atoms with E-state index in [2.05, 4.69) is 23.8 Å². The van der Waals surface area contributed by atoms with Crippen molar-refractivity contribution in [2.75, 3.05) is 7.05 Å². The van der Waals surface area contributed by atoms with Gasteiger partial charge in [0.1, 0.15) is 6.10 Å². The van der Waals surface area contributed by atoms with Gasteiger partial charge in [-0.2, -0.15) is 13.2 Å². The number of alkyl halides is 3. The largest absolute Gasteiger partial charge is 0.472 e. The van der Waals surface area contributed by atoms with Crippen molar-refractivity contribution >= 4 is 5.70 Å². The van der Waals surface area contributed by atoms with Gasteiger partial charge in [0.2, 0.25) is 0 Å². The second kappa shape index (κ2) is 9.57. The van der Waals surface area contributed by atoms with Gasteiger partial charge in [0, 0.05) is 12.6 Å². The Morgan fingerprint density at radius 1 is 1.03 bits per heavy atom. The molecule has 0 spiro atoms. The average Bonchev–Trinajstić information content (AvgIpc) is 2.68. The molecule has 2 N–H and O–H groups in total. The highest BCUT2D eigenvalue weighted by Crippen LogP contribution is 2.36. The molecule has 2 rings (SSSR count). The Balaban J connectivity index is 2.28. The van der Waals surface area contributed by atoms with Crippen LogP contribution in [-0.2, 0) is 10.9 Å². The van der Waals surface area contributed by atoms with Crippen molar-refractivity contribution in [3.63, 3.8) is 0 Å². The van der Waals surface area contributed by atoms with Crippen molar-refractivity contribution < 1.29 is 17.9 Å². The van der Waals surface area contributed by atoms with Crippen molar-refractivity contribution in [1.82, 2.24) is 10.6 Å². The molecule has 1 unspecified atom stereocenters. The molecule has 0 aliphatic rings. The van der Waals surface area contributed by atoms with E-state index in [1.807, 2.05) is 38.1 Å². The fraction of sp³-hybridized carbons (Fsp3) is 0.250. The number of benzene rings is 2. The van der Waals surface area contributed by atoms with Crippen LogP contribution < -0.4 is 10.6 Å². The van der Waals surface area contributed by atoms with Crippen LogP contribution in [0.25, 0.3) is 5.70 Å². The quantitative estimate of drug-likeness (QED) is 0.390. The predicted octanol–water partition coefficient (Wildman–Crippen LogP) is 6.32. The number of hydrogen-bond acceptors (Lipinski definition) is 3. The maximum atomic E-state index is 13.3. The van der Waals surface area contributed by atoms with E-state index in [4.69, 9.17) is 4.74 Å². The lowest BCUT2D eigenvalue weighted by Gasteiger charge is -2.23. The minimum absolute atomic E-state index is 0.0428. The normalized spacial score (nSPS) is 13.2. The van der Waals surface area contributed by atoms with Gasteiger partial charge in [-0.15, -0.1) is 0 Å². The fourth-order valence-corrected chi connectivity index (χ4v) is 3.07. The topological polar surface area (TPSA) is 33.3 Å². The number of ether oxygens (including phenoxy) is 1. The molecule has 0 amide bonds. The summed E-state index contributed by atoms with van der Waals surface area (Å²) in [6.07, 6.45) is -5.32. The Morgan fingerprint density at radius 2 is 1.63 bits per heavy atom. The third kappa shape index (κ3) is 5.69. The maximum absolute atomic E-state index is 13.3. The SMILES string of the molecule is C=C(N/C(C(=C)C)=C(/NC)c1ccc(C)cc1)OC(C)c1ccccc1C(F)(F)F. The summed E-state index contributed by atoms with van der Waals surface area (Å²) in [5, 5.41) is 6.21. The lowest BCUT2D eigenvalue weighted by molar-refractivity contribution is -0.139. The monoisotopic (exact) mass is 416 g/mol. The van der Waals surface area contributed by atoms with E-state index in [-0.39, 0.29) is 11.4 Å². The number of allylic oxidation sites excluding steroid dienone is 1. The van der Waals surface area contributed by atoms with Crippen molar-refractivity contribution in [3.8, 4) is 0 Å². The Bertz CT molecular complexity index is 944. The summed E-state index contributed by atoms with van der Waals surface area (Å²) in [4.78, 5) is 0. The van der Waals surface area contributed by atoms with Gasteiger partial charge >= 0.3 is 6.18 Å². The second-order valence-electron chi connectivity index (χ2n) is 7.04. The Kier molecular flexibility index (Phi) is 7.38. The highest BCUT2D eigenvalue weighted by atomic mass is 19.4. The molecule has 0 fully saturated rings. The number of rotatable bonds is 8. The van der Waals surface area contributed by atoms with Crippen LogP contribution in [0, 0.1) is 6.92 Å². The van der Waals surface area contributed by atoms with E-state index in [0.29, 0.717) is 11.3 Å². The summed E-state index contributed by atoms with van der Waals surface area (Å²) in [7, 11) is 1.78. The zero-order valence-corrected chi connectivity index (χ0v) is 17.7. The Hall–Kier alpha value is -3.15. The van der Waals surface area contributed by atoms with Crippen LogP contribution in [0.15, 0.2) is 78.8 Å². The van der Waals surface area contributed by atoms with Gasteiger partial charge in [-0.3, -0.25) is 0 Å². The van der Waals surface area contributed by atoms with Gasteiger partial charge in [0.15, 0.2) is 5.88 Å². The molecule has 0 aliphatic heterocycles. The predicted molar refractivity (Wildman–Crippen MR) is 115 cm³/mol. The van der Waals surface area contributed by atoms with Crippen LogP contribution >= 0.6 is 0 Å². The molecule has 0 bridgehead atoms. The number of halogens is 3. The van der Waals surface area contributed by atoms with E-state index in [9.17, 15) is 13.2 Å². The Labute approximate surface area is 176 Å². The first kappa shape index (κ1) is 23.1. The summed E-state index contributed by atoms with van der Waals surface area (Å²) in [6, 6.07) is 13.3. The first-order valence-corrected chi connectivity index (χ1v) is 9.48. The van der Waals surface area contributed by atoms with Gasteiger partial charge in [-0.05, 0) is 44.6 Å². The minimum Gasteiger partial charge on any atom is -0.472 e. The molecule has 0 aliphatic carbocycles. The van der Waals surface area contributed by atoms with Crippen LogP contribution in [0.5, 0.6) is 0 Å². The molecule has 3 nitrogen and oxygen atoms in total. The van der Waals surface area contributed by atoms with Gasteiger partial charge < -0.3 is 15.4 Å². The van der Waals surface area contributed by atoms with Crippen molar-refractivity contribution in [2.45, 2.75) is 33.1 Å². The first-order valence-electron chi connectivity index (χ1n) is 9.48. The van der Waals surface area contributed by atoms with E-state index in [1.54, 1.807) is 20.0 Å². The maximum Gasteiger partial charge on any atom is 0.416 e. The minimum atomic E-state index is -4.46. The third-order valence-corrected chi connectivity index (χ3v) is 4.55. The first-order chi connectivity index (χ1) is 14.0.